The first-order valence-corrected chi connectivity index (χ1v) is 4.40. The zero-order chi connectivity index (χ0) is 8.97. The van der Waals surface area contributed by atoms with Crippen molar-refractivity contribution in [1.82, 2.24) is 4.90 Å². The molecule has 0 spiro atoms. The smallest absolute Gasteiger partial charge is 0.226 e. The molecule has 2 N–H and O–H groups in total. The molecule has 12 heavy (non-hydrogen) atoms. The first-order chi connectivity index (χ1) is 5.79. The van der Waals surface area contributed by atoms with Gasteiger partial charge in [0.2, 0.25) is 5.91 Å². The molecule has 0 aliphatic carbocycles. The van der Waals surface area contributed by atoms with E-state index >= 15 is 0 Å². The molecule has 1 aliphatic rings. The second kappa shape index (κ2) is 4.26. The van der Waals surface area contributed by atoms with Crippen molar-refractivity contribution in [3.8, 4) is 0 Å². The van der Waals surface area contributed by atoms with Gasteiger partial charge in [-0.3, -0.25) is 4.79 Å². The van der Waals surface area contributed by atoms with Crippen LogP contribution in [0.3, 0.4) is 0 Å². The van der Waals surface area contributed by atoms with E-state index in [9.17, 15) is 4.79 Å². The van der Waals surface area contributed by atoms with Crippen LogP contribution in [0.25, 0.3) is 0 Å². The summed E-state index contributed by atoms with van der Waals surface area (Å²) >= 11 is 0. The molecule has 0 aromatic carbocycles. The van der Waals surface area contributed by atoms with Crippen LogP contribution in [0.15, 0.2) is 12.7 Å². The predicted molar refractivity (Wildman–Crippen MR) is 48.6 cm³/mol. The summed E-state index contributed by atoms with van der Waals surface area (Å²) in [5.74, 6) is 0.165. The standard InChI is InChI=1S/C9H16N2O/c1-2-4-9(12)11-6-3-5-8(11)7-10/h2,8H,1,3-7,10H2. The molecule has 1 heterocycles. The van der Waals surface area contributed by atoms with E-state index in [1.54, 1.807) is 6.08 Å². The zero-order valence-corrected chi connectivity index (χ0v) is 7.33. The van der Waals surface area contributed by atoms with Crippen LogP contribution >= 0.6 is 0 Å². The Bertz CT molecular complexity index is 179. The molecule has 0 radical (unpaired) electrons. The van der Waals surface area contributed by atoms with Gasteiger partial charge < -0.3 is 10.6 Å². The highest BCUT2D eigenvalue weighted by molar-refractivity contribution is 5.78. The van der Waals surface area contributed by atoms with Crippen LogP contribution in [0, 0.1) is 0 Å². The third-order valence-electron chi connectivity index (χ3n) is 2.29. The summed E-state index contributed by atoms with van der Waals surface area (Å²) in [4.78, 5) is 13.3. The second-order valence-corrected chi connectivity index (χ2v) is 3.11. The van der Waals surface area contributed by atoms with Gasteiger partial charge >= 0.3 is 0 Å². The van der Waals surface area contributed by atoms with Gasteiger partial charge in [-0.05, 0) is 12.8 Å². The maximum Gasteiger partial charge on any atom is 0.226 e. The van der Waals surface area contributed by atoms with E-state index in [1.165, 1.54) is 0 Å². The molecule has 1 amide bonds. The largest absolute Gasteiger partial charge is 0.338 e. The molecule has 1 rings (SSSR count). The van der Waals surface area contributed by atoms with Crippen LogP contribution in [0.5, 0.6) is 0 Å². The fourth-order valence-corrected chi connectivity index (χ4v) is 1.65. The molecule has 1 saturated heterocycles. The molecular weight excluding hydrogens is 152 g/mol. The zero-order valence-electron chi connectivity index (χ0n) is 7.33. The maximum atomic E-state index is 11.4. The Kier molecular flexibility index (Phi) is 3.29. The highest BCUT2D eigenvalue weighted by Crippen LogP contribution is 2.16. The van der Waals surface area contributed by atoms with Gasteiger partial charge in [-0.25, -0.2) is 0 Å². The van der Waals surface area contributed by atoms with Crippen molar-refractivity contribution in [1.29, 1.82) is 0 Å². The molecule has 0 aromatic rings. The van der Waals surface area contributed by atoms with Crippen LogP contribution < -0.4 is 5.73 Å². The lowest BCUT2D eigenvalue weighted by atomic mass is 10.2. The van der Waals surface area contributed by atoms with Crippen molar-refractivity contribution >= 4 is 5.91 Å². The van der Waals surface area contributed by atoms with E-state index in [1.807, 2.05) is 4.90 Å². The fraction of sp³-hybridized carbons (Fsp3) is 0.667. The van der Waals surface area contributed by atoms with Gasteiger partial charge in [0.05, 0.1) is 0 Å². The molecule has 3 heteroatoms. The Hall–Kier alpha value is -0.830. The van der Waals surface area contributed by atoms with Crippen molar-refractivity contribution < 1.29 is 4.79 Å². The number of rotatable bonds is 3. The number of amides is 1. The summed E-state index contributed by atoms with van der Waals surface area (Å²) in [6.45, 7) is 5.00. The number of hydrogen-bond acceptors (Lipinski definition) is 2. The maximum absolute atomic E-state index is 11.4. The van der Waals surface area contributed by atoms with E-state index in [2.05, 4.69) is 6.58 Å². The van der Waals surface area contributed by atoms with Crippen molar-refractivity contribution in [2.24, 2.45) is 5.73 Å². The molecule has 0 bridgehead atoms. The third kappa shape index (κ3) is 1.85. The van der Waals surface area contributed by atoms with E-state index in [4.69, 9.17) is 5.73 Å². The minimum absolute atomic E-state index is 0.165. The SMILES string of the molecule is C=CCC(=O)N1CCCC1CN. The number of carbonyl (C=O) groups is 1. The van der Waals surface area contributed by atoms with Crippen molar-refractivity contribution in [2.75, 3.05) is 13.1 Å². The molecule has 0 saturated carbocycles. The Morgan fingerprint density at radius 2 is 2.50 bits per heavy atom. The molecular formula is C9H16N2O. The second-order valence-electron chi connectivity index (χ2n) is 3.11. The van der Waals surface area contributed by atoms with Crippen molar-refractivity contribution in [3.63, 3.8) is 0 Å². The Labute approximate surface area is 73.2 Å². The van der Waals surface area contributed by atoms with Gasteiger partial charge in [0.15, 0.2) is 0 Å². The van der Waals surface area contributed by atoms with Gasteiger partial charge in [0.1, 0.15) is 0 Å². The summed E-state index contributed by atoms with van der Waals surface area (Å²) in [7, 11) is 0. The first kappa shape index (κ1) is 9.26. The highest BCUT2D eigenvalue weighted by Gasteiger charge is 2.26. The number of likely N-dealkylation sites (tertiary alicyclic amines) is 1. The lowest BCUT2D eigenvalue weighted by Gasteiger charge is -2.22. The van der Waals surface area contributed by atoms with Crippen LogP contribution in [-0.4, -0.2) is 29.9 Å². The molecule has 1 unspecified atom stereocenters. The minimum atomic E-state index is 0.165. The summed E-state index contributed by atoms with van der Waals surface area (Å²) in [5, 5.41) is 0. The molecule has 0 aromatic heterocycles. The molecule has 1 aliphatic heterocycles. The topological polar surface area (TPSA) is 46.3 Å². The van der Waals surface area contributed by atoms with Gasteiger partial charge in [-0.1, -0.05) is 6.08 Å². The summed E-state index contributed by atoms with van der Waals surface area (Å²) < 4.78 is 0. The average Bonchev–Trinajstić information content (AvgIpc) is 2.51. The summed E-state index contributed by atoms with van der Waals surface area (Å²) in [6, 6.07) is 0.275. The molecule has 68 valence electrons. The first-order valence-electron chi connectivity index (χ1n) is 4.40. The van der Waals surface area contributed by atoms with Crippen LogP contribution in [0.1, 0.15) is 19.3 Å². The van der Waals surface area contributed by atoms with E-state index in [0.29, 0.717) is 13.0 Å². The number of nitrogens with zero attached hydrogens (tertiary/aromatic N) is 1. The quantitative estimate of drug-likeness (QED) is 0.624. The average molecular weight is 168 g/mol. The Balaban J connectivity index is 2.48. The van der Waals surface area contributed by atoms with Gasteiger partial charge in [-0.15, -0.1) is 6.58 Å². The number of carbonyl (C=O) groups excluding carboxylic acids is 1. The van der Waals surface area contributed by atoms with Crippen LogP contribution in [0.2, 0.25) is 0 Å². The lowest BCUT2D eigenvalue weighted by molar-refractivity contribution is -0.130. The lowest BCUT2D eigenvalue weighted by Crippen LogP contribution is -2.39. The Morgan fingerprint density at radius 1 is 1.75 bits per heavy atom. The van der Waals surface area contributed by atoms with E-state index < -0.39 is 0 Å². The van der Waals surface area contributed by atoms with Gasteiger partial charge in [0, 0.05) is 25.6 Å². The Morgan fingerprint density at radius 3 is 3.08 bits per heavy atom. The van der Waals surface area contributed by atoms with Crippen LogP contribution in [0.4, 0.5) is 0 Å². The third-order valence-corrected chi connectivity index (χ3v) is 2.29. The van der Waals surface area contributed by atoms with Gasteiger partial charge in [0.25, 0.3) is 0 Å². The fourth-order valence-electron chi connectivity index (χ4n) is 1.65. The van der Waals surface area contributed by atoms with Gasteiger partial charge in [-0.2, -0.15) is 0 Å². The summed E-state index contributed by atoms with van der Waals surface area (Å²) in [5.41, 5.74) is 5.54. The monoisotopic (exact) mass is 168 g/mol. The molecule has 1 fully saturated rings. The molecule has 3 nitrogen and oxygen atoms in total. The van der Waals surface area contributed by atoms with Crippen molar-refractivity contribution in [2.45, 2.75) is 25.3 Å². The van der Waals surface area contributed by atoms with Crippen LogP contribution in [-0.2, 0) is 4.79 Å². The summed E-state index contributed by atoms with van der Waals surface area (Å²) in [6.07, 6.45) is 4.23. The number of nitrogens with two attached hydrogens (primary N) is 1. The van der Waals surface area contributed by atoms with E-state index in [0.717, 1.165) is 19.4 Å². The number of hydrogen-bond donors (Lipinski definition) is 1. The molecule has 1 atom stereocenters. The minimum Gasteiger partial charge on any atom is -0.338 e. The normalized spacial score (nSPS) is 22.8. The van der Waals surface area contributed by atoms with Crippen molar-refractivity contribution in [3.05, 3.63) is 12.7 Å². The highest BCUT2D eigenvalue weighted by atomic mass is 16.2. The van der Waals surface area contributed by atoms with E-state index in [-0.39, 0.29) is 11.9 Å². The predicted octanol–water partition coefficient (Wildman–Crippen LogP) is 0.512.